The Morgan fingerprint density at radius 3 is 2.79 bits per heavy atom. The quantitative estimate of drug-likeness (QED) is 0.774. The van der Waals surface area contributed by atoms with Gasteiger partial charge in [-0.1, -0.05) is 24.3 Å². The lowest BCUT2D eigenvalue weighted by Crippen LogP contribution is -2.05. The van der Waals surface area contributed by atoms with Gasteiger partial charge in [-0.3, -0.25) is 9.97 Å². The minimum absolute atomic E-state index is 0.579. The fourth-order valence-corrected chi connectivity index (χ4v) is 1.84. The lowest BCUT2D eigenvalue weighted by atomic mass is 10.2. The van der Waals surface area contributed by atoms with Crippen molar-refractivity contribution in [1.82, 2.24) is 20.2 Å². The van der Waals surface area contributed by atoms with Gasteiger partial charge in [0.05, 0.1) is 30.3 Å². The molecule has 0 aliphatic heterocycles. The molecule has 0 atom stereocenters. The number of hydrogen-bond donors (Lipinski definition) is 1. The number of aromatic nitrogens is 4. The Bertz CT molecular complexity index is 688. The number of fused-ring (bicyclic) bond motifs is 1. The molecule has 19 heavy (non-hydrogen) atoms. The van der Waals surface area contributed by atoms with Gasteiger partial charge >= 0.3 is 0 Å². The maximum absolute atomic E-state index is 4.30. The summed E-state index contributed by atoms with van der Waals surface area (Å²) in [5.74, 6) is 0.764. The van der Waals surface area contributed by atoms with Crippen LogP contribution in [-0.4, -0.2) is 20.2 Å². The lowest BCUT2D eigenvalue weighted by Gasteiger charge is -2.07. The van der Waals surface area contributed by atoms with E-state index in [9.17, 15) is 0 Å². The number of aryl methyl sites for hydroxylation is 1. The molecule has 0 unspecified atom stereocenters. The summed E-state index contributed by atoms with van der Waals surface area (Å²) in [6.07, 6.45) is 5.28. The number of nitrogens with zero attached hydrogens (tertiary/aromatic N) is 4. The molecule has 1 aromatic carbocycles. The summed E-state index contributed by atoms with van der Waals surface area (Å²) >= 11 is 0. The molecule has 5 nitrogen and oxygen atoms in total. The van der Waals surface area contributed by atoms with Crippen LogP contribution in [0.1, 0.15) is 11.4 Å². The molecule has 0 saturated carbocycles. The first kappa shape index (κ1) is 11.5. The maximum atomic E-state index is 4.30. The van der Waals surface area contributed by atoms with Crippen LogP contribution in [0.5, 0.6) is 0 Å². The van der Waals surface area contributed by atoms with Crippen LogP contribution in [0, 0.1) is 6.92 Å². The summed E-state index contributed by atoms with van der Waals surface area (Å²) < 4.78 is 0. The molecule has 94 valence electrons. The van der Waals surface area contributed by atoms with Crippen molar-refractivity contribution >= 4 is 16.6 Å². The van der Waals surface area contributed by atoms with E-state index in [0.29, 0.717) is 6.54 Å². The SMILES string of the molecule is Cc1cnc(CNc2nncc3ccccc23)cn1. The van der Waals surface area contributed by atoms with Crippen molar-refractivity contribution in [3.05, 3.63) is 54.2 Å². The van der Waals surface area contributed by atoms with Gasteiger partial charge in [-0.2, -0.15) is 5.10 Å². The predicted molar refractivity (Wildman–Crippen MR) is 73.6 cm³/mol. The second-order valence-corrected chi connectivity index (χ2v) is 4.28. The summed E-state index contributed by atoms with van der Waals surface area (Å²) in [6, 6.07) is 8.01. The Labute approximate surface area is 110 Å². The highest BCUT2D eigenvalue weighted by atomic mass is 15.2. The topological polar surface area (TPSA) is 63.6 Å². The summed E-state index contributed by atoms with van der Waals surface area (Å²) in [7, 11) is 0. The summed E-state index contributed by atoms with van der Waals surface area (Å²) in [5, 5.41) is 13.5. The summed E-state index contributed by atoms with van der Waals surface area (Å²) in [5.41, 5.74) is 1.79. The van der Waals surface area contributed by atoms with Crippen LogP contribution in [0.4, 0.5) is 5.82 Å². The number of rotatable bonds is 3. The van der Waals surface area contributed by atoms with Crippen LogP contribution >= 0.6 is 0 Å². The van der Waals surface area contributed by atoms with Gasteiger partial charge in [-0.25, -0.2) is 0 Å². The zero-order chi connectivity index (χ0) is 13.1. The summed E-state index contributed by atoms with van der Waals surface area (Å²) in [4.78, 5) is 8.52. The zero-order valence-corrected chi connectivity index (χ0v) is 10.5. The highest BCUT2D eigenvalue weighted by Crippen LogP contribution is 2.19. The van der Waals surface area contributed by atoms with Crippen LogP contribution in [0.2, 0.25) is 0 Å². The van der Waals surface area contributed by atoms with Gasteiger partial charge in [0.25, 0.3) is 0 Å². The molecule has 0 bridgehead atoms. The van der Waals surface area contributed by atoms with Crippen molar-refractivity contribution in [2.45, 2.75) is 13.5 Å². The molecule has 0 amide bonds. The van der Waals surface area contributed by atoms with Gasteiger partial charge in [0.1, 0.15) is 0 Å². The normalized spacial score (nSPS) is 10.6. The number of benzene rings is 1. The molecule has 3 aromatic rings. The summed E-state index contributed by atoms with van der Waals surface area (Å²) in [6.45, 7) is 2.50. The molecule has 0 saturated heterocycles. The standard InChI is InChI=1S/C14H13N5/c1-10-6-16-12(8-15-10)9-17-14-13-5-3-2-4-11(13)7-18-19-14/h2-8H,9H2,1H3,(H,17,19). The maximum Gasteiger partial charge on any atom is 0.156 e. The molecule has 2 heterocycles. The largest absolute Gasteiger partial charge is 0.362 e. The number of hydrogen-bond acceptors (Lipinski definition) is 5. The van der Waals surface area contributed by atoms with E-state index in [1.165, 1.54) is 0 Å². The Morgan fingerprint density at radius 1 is 1.05 bits per heavy atom. The van der Waals surface area contributed by atoms with E-state index < -0.39 is 0 Å². The van der Waals surface area contributed by atoms with E-state index in [4.69, 9.17) is 0 Å². The van der Waals surface area contributed by atoms with Gasteiger partial charge < -0.3 is 5.32 Å². The highest BCUT2D eigenvalue weighted by Gasteiger charge is 2.03. The molecule has 0 aliphatic carbocycles. The van der Waals surface area contributed by atoms with Gasteiger partial charge in [0.2, 0.25) is 0 Å². The van der Waals surface area contributed by atoms with Crippen LogP contribution < -0.4 is 5.32 Å². The minimum atomic E-state index is 0.579. The Morgan fingerprint density at radius 2 is 1.95 bits per heavy atom. The van der Waals surface area contributed by atoms with Crippen LogP contribution in [0.15, 0.2) is 42.9 Å². The van der Waals surface area contributed by atoms with E-state index in [1.807, 2.05) is 31.2 Å². The third-order valence-corrected chi connectivity index (χ3v) is 2.84. The van der Waals surface area contributed by atoms with Gasteiger partial charge in [-0.05, 0) is 6.92 Å². The van der Waals surface area contributed by atoms with E-state index in [0.717, 1.165) is 28.0 Å². The first-order valence-corrected chi connectivity index (χ1v) is 6.05. The molecule has 0 spiro atoms. The zero-order valence-electron chi connectivity index (χ0n) is 10.5. The van der Waals surface area contributed by atoms with Gasteiger partial charge in [0.15, 0.2) is 5.82 Å². The second kappa shape index (κ2) is 4.97. The Balaban J connectivity index is 1.84. The van der Waals surface area contributed by atoms with E-state index in [1.54, 1.807) is 18.6 Å². The number of nitrogens with one attached hydrogen (secondary N) is 1. The number of anilines is 1. The van der Waals surface area contributed by atoms with E-state index >= 15 is 0 Å². The van der Waals surface area contributed by atoms with Crippen molar-refractivity contribution in [1.29, 1.82) is 0 Å². The first-order chi connectivity index (χ1) is 9.33. The Kier molecular flexibility index (Phi) is 3.02. The third-order valence-electron chi connectivity index (χ3n) is 2.84. The molecule has 0 radical (unpaired) electrons. The molecule has 3 rings (SSSR count). The van der Waals surface area contributed by atoms with Gasteiger partial charge in [0, 0.05) is 17.0 Å². The van der Waals surface area contributed by atoms with Crippen molar-refractivity contribution in [3.8, 4) is 0 Å². The fraction of sp³-hybridized carbons (Fsp3) is 0.143. The molecular weight excluding hydrogens is 238 g/mol. The fourth-order valence-electron chi connectivity index (χ4n) is 1.84. The lowest BCUT2D eigenvalue weighted by molar-refractivity contribution is 0.960. The van der Waals surface area contributed by atoms with Gasteiger partial charge in [-0.15, -0.1) is 5.10 Å². The average Bonchev–Trinajstić information content (AvgIpc) is 2.47. The predicted octanol–water partition coefficient (Wildman–Crippen LogP) is 2.34. The van der Waals surface area contributed by atoms with Crippen LogP contribution in [0.25, 0.3) is 10.8 Å². The molecular formula is C14H13N5. The molecule has 1 N–H and O–H groups in total. The van der Waals surface area contributed by atoms with E-state index in [2.05, 4.69) is 25.5 Å². The van der Waals surface area contributed by atoms with Crippen molar-refractivity contribution in [2.24, 2.45) is 0 Å². The highest BCUT2D eigenvalue weighted by molar-refractivity contribution is 5.90. The monoisotopic (exact) mass is 251 g/mol. The van der Waals surface area contributed by atoms with Crippen LogP contribution in [0.3, 0.4) is 0 Å². The average molecular weight is 251 g/mol. The smallest absolute Gasteiger partial charge is 0.156 e. The minimum Gasteiger partial charge on any atom is -0.362 e. The van der Waals surface area contributed by atoms with E-state index in [-0.39, 0.29) is 0 Å². The molecule has 5 heteroatoms. The van der Waals surface area contributed by atoms with Crippen molar-refractivity contribution in [2.75, 3.05) is 5.32 Å². The van der Waals surface area contributed by atoms with Crippen molar-refractivity contribution in [3.63, 3.8) is 0 Å². The molecule has 0 aliphatic rings. The van der Waals surface area contributed by atoms with Crippen LogP contribution in [-0.2, 0) is 6.54 Å². The van der Waals surface area contributed by atoms with Crippen molar-refractivity contribution < 1.29 is 0 Å². The Hall–Kier alpha value is -2.56. The second-order valence-electron chi connectivity index (χ2n) is 4.28. The molecule has 0 fully saturated rings. The molecule has 2 aromatic heterocycles. The first-order valence-electron chi connectivity index (χ1n) is 6.05. The third kappa shape index (κ3) is 2.49.